The molecule has 1 aromatic carbocycles. The molecular formula is C9H7Cl3F5N. The third-order valence-corrected chi connectivity index (χ3v) is 2.64. The Kier molecular flexibility index (Phi) is 5.68. The molecule has 1 aromatic rings. The van der Waals surface area contributed by atoms with E-state index >= 15 is 0 Å². The Morgan fingerprint density at radius 2 is 1.56 bits per heavy atom. The van der Waals surface area contributed by atoms with E-state index in [4.69, 9.17) is 28.9 Å². The average Bonchev–Trinajstić information content (AvgIpc) is 2.19. The molecule has 0 bridgehead atoms. The molecule has 0 aliphatic heterocycles. The van der Waals surface area contributed by atoms with Gasteiger partial charge in [-0.05, 0) is 23.8 Å². The van der Waals surface area contributed by atoms with Gasteiger partial charge in [0.2, 0.25) is 0 Å². The van der Waals surface area contributed by atoms with Crippen molar-refractivity contribution in [2.45, 2.75) is 18.1 Å². The molecular weight excluding hydrogens is 323 g/mol. The lowest BCUT2D eigenvalue weighted by molar-refractivity contribution is -0.290. The van der Waals surface area contributed by atoms with E-state index in [-0.39, 0.29) is 22.5 Å². The zero-order chi connectivity index (χ0) is 13.4. The van der Waals surface area contributed by atoms with Crippen molar-refractivity contribution in [2.24, 2.45) is 5.73 Å². The van der Waals surface area contributed by atoms with Gasteiger partial charge >= 0.3 is 12.1 Å². The van der Waals surface area contributed by atoms with Crippen LogP contribution in [0.25, 0.3) is 0 Å². The molecule has 1 atom stereocenters. The van der Waals surface area contributed by atoms with Gasteiger partial charge in [-0.15, -0.1) is 12.4 Å². The topological polar surface area (TPSA) is 26.0 Å². The van der Waals surface area contributed by atoms with Crippen LogP contribution in [0.1, 0.15) is 11.6 Å². The fraction of sp³-hybridized carbons (Fsp3) is 0.333. The predicted molar refractivity (Wildman–Crippen MR) is 61.6 cm³/mol. The third kappa shape index (κ3) is 3.38. The molecule has 0 amide bonds. The molecule has 2 N–H and O–H groups in total. The lowest BCUT2D eigenvalue weighted by Gasteiger charge is -2.26. The van der Waals surface area contributed by atoms with Crippen molar-refractivity contribution in [2.75, 3.05) is 0 Å². The van der Waals surface area contributed by atoms with E-state index in [0.717, 1.165) is 12.1 Å². The lowest BCUT2D eigenvalue weighted by Crippen LogP contribution is -2.45. The molecule has 18 heavy (non-hydrogen) atoms. The van der Waals surface area contributed by atoms with Crippen LogP contribution in [-0.2, 0) is 0 Å². The average molecular weight is 331 g/mol. The molecule has 1 rings (SSSR count). The summed E-state index contributed by atoms with van der Waals surface area (Å²) in [6.07, 6.45) is -5.75. The first kappa shape index (κ1) is 17.7. The highest BCUT2D eigenvalue weighted by Crippen LogP contribution is 2.44. The first-order valence-electron chi connectivity index (χ1n) is 4.22. The molecule has 0 radical (unpaired) electrons. The van der Waals surface area contributed by atoms with E-state index in [0.29, 0.717) is 0 Å². The van der Waals surface area contributed by atoms with Crippen molar-refractivity contribution in [1.29, 1.82) is 0 Å². The number of halogens is 8. The van der Waals surface area contributed by atoms with E-state index in [2.05, 4.69) is 0 Å². The Morgan fingerprint density at radius 1 is 1.06 bits per heavy atom. The quantitative estimate of drug-likeness (QED) is 0.787. The fourth-order valence-electron chi connectivity index (χ4n) is 1.12. The summed E-state index contributed by atoms with van der Waals surface area (Å²) < 4.78 is 62.2. The van der Waals surface area contributed by atoms with Crippen molar-refractivity contribution < 1.29 is 22.0 Å². The Hall–Kier alpha value is -0.300. The van der Waals surface area contributed by atoms with Gasteiger partial charge in [0.25, 0.3) is 0 Å². The summed E-state index contributed by atoms with van der Waals surface area (Å²) in [5, 5.41) is -0.330. The molecule has 0 heterocycles. The van der Waals surface area contributed by atoms with Crippen LogP contribution in [0.5, 0.6) is 0 Å². The van der Waals surface area contributed by atoms with Gasteiger partial charge in [-0.25, -0.2) is 0 Å². The van der Waals surface area contributed by atoms with E-state index < -0.39 is 23.7 Å². The summed E-state index contributed by atoms with van der Waals surface area (Å²) in [6, 6.07) is 0.639. The number of alkyl halides is 5. The van der Waals surface area contributed by atoms with Gasteiger partial charge in [-0.1, -0.05) is 23.2 Å². The minimum Gasteiger partial charge on any atom is -0.319 e. The Labute approximate surface area is 115 Å². The van der Waals surface area contributed by atoms with Crippen molar-refractivity contribution in [3.05, 3.63) is 33.8 Å². The summed E-state index contributed by atoms with van der Waals surface area (Å²) in [7, 11) is 0. The maximum absolute atomic E-state index is 13.0. The maximum atomic E-state index is 13.0. The van der Waals surface area contributed by atoms with Crippen molar-refractivity contribution in [1.82, 2.24) is 0 Å². The molecule has 0 aliphatic rings. The second kappa shape index (κ2) is 5.77. The number of hydrogen-bond donors (Lipinski definition) is 1. The van der Waals surface area contributed by atoms with Crippen molar-refractivity contribution >= 4 is 35.6 Å². The first-order valence-corrected chi connectivity index (χ1v) is 4.98. The van der Waals surface area contributed by atoms with Crippen LogP contribution in [0, 0.1) is 0 Å². The Morgan fingerprint density at radius 3 is 2.00 bits per heavy atom. The monoisotopic (exact) mass is 329 g/mol. The van der Waals surface area contributed by atoms with Crippen LogP contribution in [0.15, 0.2) is 18.2 Å². The van der Waals surface area contributed by atoms with Gasteiger partial charge in [-0.2, -0.15) is 22.0 Å². The highest BCUT2D eigenvalue weighted by molar-refractivity contribution is 6.33. The largest absolute Gasteiger partial charge is 0.455 e. The number of rotatable bonds is 2. The van der Waals surface area contributed by atoms with Gasteiger partial charge in [0.15, 0.2) is 0 Å². The zero-order valence-electron chi connectivity index (χ0n) is 8.44. The minimum absolute atomic E-state index is 0. The highest BCUT2D eigenvalue weighted by atomic mass is 35.5. The Bertz CT molecular complexity index is 421. The standard InChI is InChI=1S/C9H6Cl2F5N.ClH/c10-4-1-2-6(11)5(3-4)7(17)8(12,13)9(14,15)16;/h1-3,7H,17H2;1H/t7-;/m1./s1. The molecule has 0 aromatic heterocycles. The van der Waals surface area contributed by atoms with Crippen LogP contribution in [0.4, 0.5) is 22.0 Å². The van der Waals surface area contributed by atoms with Crippen LogP contribution in [-0.4, -0.2) is 12.1 Å². The van der Waals surface area contributed by atoms with Gasteiger partial charge in [0, 0.05) is 10.0 Å². The molecule has 0 saturated carbocycles. The normalized spacial score (nSPS) is 14.0. The molecule has 1 nitrogen and oxygen atoms in total. The molecule has 0 spiro atoms. The highest BCUT2D eigenvalue weighted by Gasteiger charge is 2.62. The maximum Gasteiger partial charge on any atom is 0.455 e. The van der Waals surface area contributed by atoms with E-state index in [1.807, 2.05) is 0 Å². The number of benzene rings is 1. The van der Waals surface area contributed by atoms with Crippen LogP contribution in [0.3, 0.4) is 0 Å². The molecule has 0 aliphatic carbocycles. The minimum atomic E-state index is -5.75. The van der Waals surface area contributed by atoms with E-state index in [9.17, 15) is 22.0 Å². The zero-order valence-corrected chi connectivity index (χ0v) is 10.8. The van der Waals surface area contributed by atoms with Gasteiger partial charge in [-0.3, -0.25) is 0 Å². The van der Waals surface area contributed by atoms with Crippen LogP contribution < -0.4 is 5.73 Å². The molecule has 0 unspecified atom stereocenters. The number of hydrogen-bond acceptors (Lipinski definition) is 1. The van der Waals surface area contributed by atoms with Crippen LogP contribution >= 0.6 is 35.6 Å². The van der Waals surface area contributed by atoms with Crippen molar-refractivity contribution in [3.8, 4) is 0 Å². The summed E-state index contributed by atoms with van der Waals surface area (Å²) in [4.78, 5) is 0. The molecule has 0 fully saturated rings. The Balaban J connectivity index is 0.00000289. The predicted octanol–water partition coefficient (Wildman–Crippen LogP) is 4.61. The second-order valence-corrected chi connectivity index (χ2v) is 4.11. The summed E-state index contributed by atoms with van der Waals surface area (Å²) in [5.41, 5.74) is 4.36. The third-order valence-electron chi connectivity index (χ3n) is 2.06. The van der Waals surface area contributed by atoms with Gasteiger partial charge in [0.1, 0.15) is 6.04 Å². The summed E-state index contributed by atoms with van der Waals surface area (Å²) in [5.74, 6) is -5.08. The van der Waals surface area contributed by atoms with E-state index in [1.54, 1.807) is 0 Å². The smallest absolute Gasteiger partial charge is 0.319 e. The van der Waals surface area contributed by atoms with E-state index in [1.165, 1.54) is 6.07 Å². The molecule has 104 valence electrons. The molecule has 0 saturated heterocycles. The summed E-state index contributed by atoms with van der Waals surface area (Å²) in [6.45, 7) is 0. The SMILES string of the molecule is Cl.N[C@H](c1cc(Cl)ccc1Cl)C(F)(F)C(F)(F)F. The van der Waals surface area contributed by atoms with Crippen LogP contribution in [0.2, 0.25) is 10.0 Å². The lowest BCUT2D eigenvalue weighted by atomic mass is 10.0. The van der Waals surface area contributed by atoms with Crippen molar-refractivity contribution in [3.63, 3.8) is 0 Å². The second-order valence-electron chi connectivity index (χ2n) is 3.26. The van der Waals surface area contributed by atoms with Gasteiger partial charge < -0.3 is 5.73 Å². The van der Waals surface area contributed by atoms with Gasteiger partial charge in [0.05, 0.1) is 0 Å². The fourth-order valence-corrected chi connectivity index (χ4v) is 1.54. The summed E-state index contributed by atoms with van der Waals surface area (Å²) >= 11 is 11.0. The first-order chi connectivity index (χ1) is 7.57. The number of nitrogens with two attached hydrogens (primary N) is 1. The molecule has 9 heteroatoms.